The van der Waals surface area contributed by atoms with Crippen LogP contribution in [0.5, 0.6) is 0 Å². The summed E-state index contributed by atoms with van der Waals surface area (Å²) in [5.74, 6) is 0.0447. The second-order valence-electron chi connectivity index (χ2n) is 4.58. The highest BCUT2D eigenvalue weighted by Crippen LogP contribution is 2.24. The van der Waals surface area contributed by atoms with Gasteiger partial charge in [-0.25, -0.2) is 0 Å². The number of hydrogen-bond donors (Lipinski definition) is 0. The summed E-state index contributed by atoms with van der Waals surface area (Å²) in [4.78, 5) is 15.5. The minimum Gasteiger partial charge on any atom is -0.339 e. The largest absolute Gasteiger partial charge is 0.339 e. The number of rotatable bonds is 3. The second-order valence-corrected chi connectivity index (χ2v) is 4.58. The van der Waals surface area contributed by atoms with Crippen LogP contribution in [0, 0.1) is 0 Å². The number of nitrogens with zero attached hydrogens (tertiary/aromatic N) is 2. The van der Waals surface area contributed by atoms with E-state index >= 15 is 0 Å². The van der Waals surface area contributed by atoms with Gasteiger partial charge in [-0.2, -0.15) is 0 Å². The van der Waals surface area contributed by atoms with Crippen molar-refractivity contribution in [1.29, 1.82) is 0 Å². The number of carbonyl (C=O) groups is 1. The summed E-state index contributed by atoms with van der Waals surface area (Å²) >= 11 is 0. The molecule has 0 saturated heterocycles. The Bertz CT molecular complexity index is 230. The van der Waals surface area contributed by atoms with Crippen LogP contribution in [0.15, 0.2) is 12.7 Å². The van der Waals surface area contributed by atoms with E-state index in [-0.39, 0.29) is 5.91 Å². The van der Waals surface area contributed by atoms with Crippen molar-refractivity contribution < 1.29 is 4.79 Å². The molecule has 3 nitrogen and oxygen atoms in total. The van der Waals surface area contributed by atoms with Gasteiger partial charge in [-0.1, -0.05) is 6.58 Å². The Balaban J connectivity index is 2.43. The van der Waals surface area contributed by atoms with Gasteiger partial charge in [0.05, 0.1) is 0 Å². The Morgan fingerprint density at radius 3 is 2.00 bits per heavy atom. The quantitative estimate of drug-likeness (QED) is 0.659. The third kappa shape index (κ3) is 3.06. The first-order chi connectivity index (χ1) is 7.06. The minimum atomic E-state index is 0.0447. The molecule has 1 rings (SSSR count). The molecule has 0 aliphatic heterocycles. The van der Waals surface area contributed by atoms with Crippen molar-refractivity contribution >= 4 is 5.91 Å². The molecular formula is C12H22N2O. The zero-order valence-corrected chi connectivity index (χ0v) is 10.1. The van der Waals surface area contributed by atoms with Crippen LogP contribution >= 0.6 is 0 Å². The SMILES string of the molecule is C=CC(=O)N(C)C1CCC(N(C)C)CC1. The van der Waals surface area contributed by atoms with Crippen molar-refractivity contribution in [3.8, 4) is 0 Å². The monoisotopic (exact) mass is 210 g/mol. The average Bonchev–Trinajstić information content (AvgIpc) is 2.27. The van der Waals surface area contributed by atoms with Crippen molar-refractivity contribution in [3.63, 3.8) is 0 Å². The van der Waals surface area contributed by atoms with Gasteiger partial charge in [0.1, 0.15) is 0 Å². The van der Waals surface area contributed by atoms with Crippen molar-refractivity contribution in [2.24, 2.45) is 0 Å². The Hall–Kier alpha value is -0.830. The van der Waals surface area contributed by atoms with Gasteiger partial charge in [-0.15, -0.1) is 0 Å². The van der Waals surface area contributed by atoms with Gasteiger partial charge < -0.3 is 9.80 Å². The Labute approximate surface area is 92.7 Å². The van der Waals surface area contributed by atoms with E-state index < -0.39 is 0 Å². The molecule has 0 bridgehead atoms. The Morgan fingerprint density at radius 2 is 1.60 bits per heavy atom. The van der Waals surface area contributed by atoms with Crippen LogP contribution in [0.2, 0.25) is 0 Å². The van der Waals surface area contributed by atoms with Crippen LogP contribution in [-0.2, 0) is 4.79 Å². The van der Waals surface area contributed by atoms with Gasteiger partial charge in [0.25, 0.3) is 0 Å². The summed E-state index contributed by atoms with van der Waals surface area (Å²) in [6, 6.07) is 1.10. The van der Waals surface area contributed by atoms with Gasteiger partial charge in [-0.05, 0) is 45.9 Å². The smallest absolute Gasteiger partial charge is 0.245 e. The molecule has 0 heterocycles. The molecule has 0 N–H and O–H groups in total. The lowest BCUT2D eigenvalue weighted by molar-refractivity contribution is -0.127. The molecule has 1 aliphatic rings. The number of likely N-dealkylation sites (N-methyl/N-ethyl adjacent to an activating group) is 1. The Morgan fingerprint density at radius 1 is 1.13 bits per heavy atom. The summed E-state index contributed by atoms with van der Waals surface area (Å²) in [5.41, 5.74) is 0. The lowest BCUT2D eigenvalue weighted by Gasteiger charge is -2.36. The van der Waals surface area contributed by atoms with E-state index in [0.717, 1.165) is 12.8 Å². The molecule has 15 heavy (non-hydrogen) atoms. The predicted molar refractivity (Wildman–Crippen MR) is 62.7 cm³/mol. The number of carbonyl (C=O) groups excluding carboxylic acids is 1. The first-order valence-corrected chi connectivity index (χ1v) is 5.62. The molecule has 0 aromatic carbocycles. The highest BCUT2D eigenvalue weighted by atomic mass is 16.2. The van der Waals surface area contributed by atoms with E-state index in [2.05, 4.69) is 25.6 Å². The molecule has 0 atom stereocenters. The standard InChI is InChI=1S/C12H22N2O/c1-5-12(15)14(4)11-8-6-10(7-9-11)13(2)3/h5,10-11H,1,6-9H2,2-4H3. The highest BCUT2D eigenvalue weighted by Gasteiger charge is 2.26. The minimum absolute atomic E-state index is 0.0447. The predicted octanol–water partition coefficient (Wildman–Crippen LogP) is 1.50. The summed E-state index contributed by atoms with van der Waals surface area (Å²) in [5, 5.41) is 0. The zero-order valence-electron chi connectivity index (χ0n) is 10.1. The van der Waals surface area contributed by atoms with Crippen molar-refractivity contribution in [3.05, 3.63) is 12.7 Å². The highest BCUT2D eigenvalue weighted by molar-refractivity contribution is 5.87. The first-order valence-electron chi connectivity index (χ1n) is 5.62. The lowest BCUT2D eigenvalue weighted by atomic mass is 9.90. The van der Waals surface area contributed by atoms with Crippen LogP contribution in [0.25, 0.3) is 0 Å². The fourth-order valence-electron chi connectivity index (χ4n) is 2.29. The lowest BCUT2D eigenvalue weighted by Crippen LogP contribution is -2.42. The van der Waals surface area contributed by atoms with E-state index in [1.165, 1.54) is 18.9 Å². The topological polar surface area (TPSA) is 23.6 Å². The molecule has 1 aliphatic carbocycles. The maximum Gasteiger partial charge on any atom is 0.245 e. The van der Waals surface area contributed by atoms with E-state index in [1.807, 2.05) is 11.9 Å². The van der Waals surface area contributed by atoms with Crippen molar-refractivity contribution in [1.82, 2.24) is 9.80 Å². The first kappa shape index (κ1) is 12.2. The van der Waals surface area contributed by atoms with E-state index in [4.69, 9.17) is 0 Å². The van der Waals surface area contributed by atoms with Gasteiger partial charge in [-0.3, -0.25) is 4.79 Å². The molecule has 1 saturated carbocycles. The van der Waals surface area contributed by atoms with E-state index in [0.29, 0.717) is 12.1 Å². The van der Waals surface area contributed by atoms with E-state index in [9.17, 15) is 4.79 Å². The molecule has 86 valence electrons. The van der Waals surface area contributed by atoms with Crippen molar-refractivity contribution in [2.45, 2.75) is 37.8 Å². The summed E-state index contributed by atoms with van der Waals surface area (Å²) in [7, 11) is 6.14. The molecule has 0 unspecified atom stereocenters. The van der Waals surface area contributed by atoms with Gasteiger partial charge >= 0.3 is 0 Å². The number of hydrogen-bond acceptors (Lipinski definition) is 2. The maximum atomic E-state index is 11.4. The molecule has 0 aromatic rings. The molecule has 0 aromatic heterocycles. The fraction of sp³-hybridized carbons (Fsp3) is 0.750. The summed E-state index contributed by atoms with van der Waals surface area (Å²) in [6.45, 7) is 3.52. The fourth-order valence-corrected chi connectivity index (χ4v) is 2.29. The molecule has 3 heteroatoms. The average molecular weight is 210 g/mol. The molecule has 0 spiro atoms. The normalized spacial score (nSPS) is 26.4. The Kier molecular flexibility index (Phi) is 4.33. The van der Waals surface area contributed by atoms with Crippen LogP contribution in [0.3, 0.4) is 0 Å². The number of amides is 1. The van der Waals surface area contributed by atoms with Crippen LogP contribution in [-0.4, -0.2) is 48.9 Å². The van der Waals surface area contributed by atoms with Gasteiger partial charge in [0, 0.05) is 19.1 Å². The maximum absolute atomic E-state index is 11.4. The van der Waals surface area contributed by atoms with Crippen molar-refractivity contribution in [2.75, 3.05) is 21.1 Å². The zero-order chi connectivity index (χ0) is 11.4. The summed E-state index contributed by atoms with van der Waals surface area (Å²) < 4.78 is 0. The van der Waals surface area contributed by atoms with Gasteiger partial charge in [0.2, 0.25) is 5.91 Å². The van der Waals surface area contributed by atoms with Crippen LogP contribution in [0.4, 0.5) is 0 Å². The van der Waals surface area contributed by atoms with Crippen LogP contribution in [0.1, 0.15) is 25.7 Å². The second kappa shape index (κ2) is 5.31. The van der Waals surface area contributed by atoms with Crippen LogP contribution < -0.4 is 0 Å². The molecule has 0 radical (unpaired) electrons. The summed E-state index contributed by atoms with van der Waals surface area (Å²) in [6.07, 6.45) is 5.99. The van der Waals surface area contributed by atoms with E-state index in [1.54, 1.807) is 0 Å². The van der Waals surface area contributed by atoms with Gasteiger partial charge in [0.15, 0.2) is 0 Å². The third-order valence-corrected chi connectivity index (χ3v) is 3.47. The molecule has 1 fully saturated rings. The molecular weight excluding hydrogens is 188 g/mol. The third-order valence-electron chi connectivity index (χ3n) is 3.47. The molecule has 1 amide bonds.